The molecule has 0 N–H and O–H groups in total. The van der Waals surface area contributed by atoms with Crippen LogP contribution in [0.3, 0.4) is 0 Å². The second-order valence-corrected chi connectivity index (χ2v) is 7.26. The maximum Gasteiger partial charge on any atom is 0.217 e. The van der Waals surface area contributed by atoms with Gasteiger partial charge >= 0.3 is 0 Å². The maximum atomic E-state index is 4.99. The van der Waals surface area contributed by atoms with Gasteiger partial charge in [0, 0.05) is 24.5 Å². The van der Waals surface area contributed by atoms with Gasteiger partial charge in [-0.3, -0.25) is 0 Å². The molecule has 0 radical (unpaired) electrons. The summed E-state index contributed by atoms with van der Waals surface area (Å²) in [5.41, 5.74) is 5.23. The molecule has 0 unspecified atom stereocenters. The number of benzene rings is 3. The molecule has 2 heterocycles. The molecular weight excluding hydrogens is 358 g/mol. The van der Waals surface area contributed by atoms with E-state index in [0.29, 0.717) is 6.42 Å². The summed E-state index contributed by atoms with van der Waals surface area (Å²) in [7, 11) is 2.04. The van der Waals surface area contributed by atoms with Crippen molar-refractivity contribution in [1.29, 1.82) is 0 Å². The average Bonchev–Trinajstić information content (AvgIpc) is 3.18. The third-order valence-corrected chi connectivity index (χ3v) is 5.22. The summed E-state index contributed by atoms with van der Waals surface area (Å²) in [5.74, 6) is 1.68. The largest absolute Gasteiger partial charge is 0.315 e. The number of para-hydroxylation sites is 1. The van der Waals surface area contributed by atoms with Crippen LogP contribution in [0.1, 0.15) is 17.0 Å². The molecule has 3 aromatic carbocycles. The Kier molecular flexibility index (Phi) is 4.21. The fourth-order valence-corrected chi connectivity index (χ4v) is 3.62. The molecule has 0 atom stereocenters. The normalized spacial score (nSPS) is 11.2. The minimum Gasteiger partial charge on any atom is -0.315 e. The maximum absolute atomic E-state index is 4.99. The van der Waals surface area contributed by atoms with Crippen LogP contribution in [0, 0.1) is 6.92 Å². The van der Waals surface area contributed by atoms with Gasteiger partial charge in [-0.25, -0.2) is 9.38 Å². The van der Waals surface area contributed by atoms with Crippen molar-refractivity contribution >= 4 is 28.2 Å². The monoisotopic (exact) mass is 379 g/mol. The Morgan fingerprint density at radius 3 is 2.34 bits per heavy atom. The number of fused-ring (bicyclic) bond motifs is 3. The lowest BCUT2D eigenvalue weighted by atomic mass is 10.1. The summed E-state index contributed by atoms with van der Waals surface area (Å²) in [6.45, 7) is 2.09. The van der Waals surface area contributed by atoms with Gasteiger partial charge in [-0.15, -0.1) is 10.2 Å². The molecule has 2 aromatic heterocycles. The van der Waals surface area contributed by atoms with E-state index < -0.39 is 0 Å². The van der Waals surface area contributed by atoms with Crippen LogP contribution in [0.25, 0.3) is 16.6 Å². The Balaban J connectivity index is 1.73. The first-order valence-electron chi connectivity index (χ1n) is 9.68. The molecule has 0 spiro atoms. The molecule has 29 heavy (non-hydrogen) atoms. The topological polar surface area (TPSA) is 46.3 Å². The van der Waals surface area contributed by atoms with Gasteiger partial charge in [0.05, 0.1) is 5.52 Å². The van der Waals surface area contributed by atoms with Crippen LogP contribution in [0.15, 0.2) is 78.9 Å². The van der Waals surface area contributed by atoms with Gasteiger partial charge in [-0.1, -0.05) is 60.2 Å². The fraction of sp³-hybridized carbons (Fsp3) is 0.125. The zero-order valence-electron chi connectivity index (χ0n) is 16.4. The quantitative estimate of drug-likeness (QED) is 0.443. The van der Waals surface area contributed by atoms with Crippen molar-refractivity contribution in [1.82, 2.24) is 19.6 Å². The van der Waals surface area contributed by atoms with E-state index in [2.05, 4.69) is 62.8 Å². The van der Waals surface area contributed by atoms with Crippen LogP contribution in [0.2, 0.25) is 0 Å². The second kappa shape index (κ2) is 7.02. The van der Waals surface area contributed by atoms with Crippen LogP contribution in [0.4, 0.5) is 11.6 Å². The van der Waals surface area contributed by atoms with Crippen molar-refractivity contribution in [3.63, 3.8) is 0 Å². The molecule has 0 aliphatic heterocycles. The average molecular weight is 379 g/mol. The lowest BCUT2D eigenvalue weighted by molar-refractivity contribution is 0.906. The molecule has 0 aliphatic carbocycles. The van der Waals surface area contributed by atoms with Gasteiger partial charge in [0.25, 0.3) is 0 Å². The summed E-state index contributed by atoms with van der Waals surface area (Å²) >= 11 is 0. The number of rotatable bonds is 4. The lowest BCUT2D eigenvalue weighted by Crippen LogP contribution is -2.17. The van der Waals surface area contributed by atoms with Gasteiger partial charge in [0.1, 0.15) is 5.82 Å². The highest BCUT2D eigenvalue weighted by Gasteiger charge is 2.18. The summed E-state index contributed by atoms with van der Waals surface area (Å²) in [4.78, 5) is 7.08. The van der Waals surface area contributed by atoms with Crippen LogP contribution in [0.5, 0.6) is 0 Å². The molecule has 5 rings (SSSR count). The van der Waals surface area contributed by atoms with Gasteiger partial charge in [-0.2, -0.15) is 0 Å². The Morgan fingerprint density at radius 2 is 1.55 bits per heavy atom. The Labute approximate surface area is 169 Å². The molecule has 0 fully saturated rings. The van der Waals surface area contributed by atoms with Gasteiger partial charge in [0.15, 0.2) is 5.65 Å². The number of aromatic nitrogens is 4. The minimum absolute atomic E-state index is 0.691. The van der Waals surface area contributed by atoms with Gasteiger partial charge < -0.3 is 4.90 Å². The van der Waals surface area contributed by atoms with Crippen molar-refractivity contribution < 1.29 is 0 Å². The Hall–Kier alpha value is -3.73. The summed E-state index contributed by atoms with van der Waals surface area (Å²) in [5, 5.41) is 10.1. The van der Waals surface area contributed by atoms with Crippen LogP contribution >= 0.6 is 0 Å². The molecular formula is C24H21N5. The summed E-state index contributed by atoms with van der Waals surface area (Å²) in [6, 6.07) is 26.9. The van der Waals surface area contributed by atoms with Crippen molar-refractivity contribution in [3.05, 3.63) is 95.8 Å². The van der Waals surface area contributed by atoms with Gasteiger partial charge in [0.2, 0.25) is 5.95 Å². The Morgan fingerprint density at radius 1 is 0.828 bits per heavy atom. The number of hydrogen-bond donors (Lipinski definition) is 0. The van der Waals surface area contributed by atoms with Crippen molar-refractivity contribution in [2.45, 2.75) is 13.3 Å². The molecule has 5 nitrogen and oxygen atoms in total. The molecule has 5 aromatic rings. The van der Waals surface area contributed by atoms with E-state index in [1.807, 2.05) is 49.5 Å². The first-order chi connectivity index (χ1) is 14.2. The second-order valence-electron chi connectivity index (χ2n) is 7.26. The number of nitrogens with zero attached hydrogens (tertiary/aromatic N) is 5. The number of aryl methyl sites for hydroxylation is 1. The summed E-state index contributed by atoms with van der Waals surface area (Å²) < 4.78 is 2.08. The van der Waals surface area contributed by atoms with Crippen LogP contribution < -0.4 is 4.90 Å². The highest BCUT2D eigenvalue weighted by Crippen LogP contribution is 2.28. The highest BCUT2D eigenvalue weighted by atomic mass is 15.3. The molecule has 0 bridgehead atoms. The number of anilines is 2. The first kappa shape index (κ1) is 17.4. The predicted octanol–water partition coefficient (Wildman–Crippen LogP) is 4.94. The smallest absolute Gasteiger partial charge is 0.217 e. The lowest BCUT2D eigenvalue weighted by Gasteiger charge is -2.21. The van der Waals surface area contributed by atoms with E-state index in [9.17, 15) is 0 Å². The molecule has 0 aliphatic rings. The molecule has 0 amide bonds. The zero-order valence-corrected chi connectivity index (χ0v) is 16.4. The number of hydrogen-bond acceptors (Lipinski definition) is 4. The van der Waals surface area contributed by atoms with E-state index in [-0.39, 0.29) is 0 Å². The molecule has 0 saturated carbocycles. The van der Waals surface area contributed by atoms with Crippen molar-refractivity contribution in [2.24, 2.45) is 0 Å². The van der Waals surface area contributed by atoms with E-state index in [4.69, 9.17) is 4.98 Å². The van der Waals surface area contributed by atoms with Crippen LogP contribution in [-0.4, -0.2) is 26.6 Å². The first-order valence-corrected chi connectivity index (χ1v) is 9.68. The SMILES string of the molecule is Cc1ccc(N(C)c2nc3ccccc3c3nnc(Cc4ccccc4)n23)cc1. The molecule has 142 valence electrons. The van der Waals surface area contributed by atoms with Crippen molar-refractivity contribution in [2.75, 3.05) is 11.9 Å². The van der Waals surface area contributed by atoms with E-state index in [1.165, 1.54) is 11.1 Å². The zero-order chi connectivity index (χ0) is 19.8. The van der Waals surface area contributed by atoms with Crippen LogP contribution in [-0.2, 0) is 6.42 Å². The highest BCUT2D eigenvalue weighted by molar-refractivity contribution is 5.92. The van der Waals surface area contributed by atoms with E-state index in [1.54, 1.807) is 0 Å². The van der Waals surface area contributed by atoms with E-state index in [0.717, 1.165) is 34.0 Å². The third kappa shape index (κ3) is 3.10. The van der Waals surface area contributed by atoms with Crippen molar-refractivity contribution in [3.8, 4) is 0 Å². The standard InChI is InChI=1S/C24H21N5/c1-17-12-14-19(15-13-17)28(2)24-25-21-11-7-6-10-20(21)23-27-26-22(29(23)24)16-18-8-4-3-5-9-18/h3-15H,16H2,1-2H3. The van der Waals surface area contributed by atoms with E-state index >= 15 is 0 Å². The Bertz CT molecular complexity index is 1290. The molecule has 5 heteroatoms. The molecule has 0 saturated heterocycles. The summed E-state index contributed by atoms with van der Waals surface area (Å²) in [6.07, 6.45) is 0.691. The predicted molar refractivity (Wildman–Crippen MR) is 117 cm³/mol. The minimum atomic E-state index is 0.691. The fourth-order valence-electron chi connectivity index (χ4n) is 3.62. The van der Waals surface area contributed by atoms with Gasteiger partial charge in [-0.05, 0) is 36.8 Å². The third-order valence-electron chi connectivity index (χ3n) is 5.22.